The molecule has 116 valence electrons. The number of carboxylic acids is 1. The fourth-order valence-corrected chi connectivity index (χ4v) is 4.00. The van der Waals surface area contributed by atoms with E-state index in [2.05, 4.69) is 4.72 Å². The molecular formula is C14H19NO5S. The third-order valence-corrected chi connectivity index (χ3v) is 5.37. The van der Waals surface area contributed by atoms with E-state index in [9.17, 15) is 18.3 Å². The zero-order valence-electron chi connectivity index (χ0n) is 11.8. The Bertz CT molecular complexity index is 603. The molecule has 2 N–H and O–H groups in total. The van der Waals surface area contributed by atoms with Gasteiger partial charge in [-0.25, -0.2) is 8.42 Å². The molecule has 0 atom stereocenters. The van der Waals surface area contributed by atoms with E-state index in [0.717, 1.165) is 6.42 Å². The minimum Gasteiger partial charge on any atom is -0.497 e. The molecule has 0 radical (unpaired) electrons. The summed E-state index contributed by atoms with van der Waals surface area (Å²) in [4.78, 5) is 11.6. The van der Waals surface area contributed by atoms with Crippen LogP contribution >= 0.6 is 0 Å². The lowest BCUT2D eigenvalue weighted by Crippen LogP contribution is -2.55. The van der Waals surface area contributed by atoms with Crippen LogP contribution in [-0.4, -0.2) is 32.1 Å². The van der Waals surface area contributed by atoms with Crippen LogP contribution in [0, 0.1) is 0 Å². The third kappa shape index (κ3) is 3.36. The number of rotatable bonds is 5. The molecule has 21 heavy (non-hydrogen) atoms. The first-order chi connectivity index (χ1) is 9.89. The van der Waals surface area contributed by atoms with E-state index in [1.807, 2.05) is 0 Å². The normalized spacial score (nSPS) is 18.1. The third-order valence-electron chi connectivity index (χ3n) is 3.82. The van der Waals surface area contributed by atoms with Crippen molar-refractivity contribution in [2.75, 3.05) is 7.11 Å². The molecule has 0 heterocycles. The molecule has 1 aromatic carbocycles. The molecule has 0 spiro atoms. The van der Waals surface area contributed by atoms with Gasteiger partial charge in [0, 0.05) is 0 Å². The average molecular weight is 313 g/mol. The zero-order valence-corrected chi connectivity index (χ0v) is 12.6. The van der Waals surface area contributed by atoms with Crippen LogP contribution in [0.25, 0.3) is 0 Å². The largest absolute Gasteiger partial charge is 0.497 e. The van der Waals surface area contributed by atoms with Gasteiger partial charge in [0.25, 0.3) is 0 Å². The lowest BCUT2D eigenvalue weighted by molar-refractivity contribution is -0.145. The van der Waals surface area contributed by atoms with Crippen LogP contribution < -0.4 is 9.46 Å². The minimum atomic E-state index is -3.87. The van der Waals surface area contributed by atoms with Crippen LogP contribution in [0.1, 0.15) is 32.1 Å². The molecule has 7 heteroatoms. The number of sulfonamides is 1. The number of carboxylic acid groups (broad SMARTS) is 1. The maximum Gasteiger partial charge on any atom is 0.324 e. The number of methoxy groups -OCH3 is 1. The van der Waals surface area contributed by atoms with E-state index in [0.29, 0.717) is 31.4 Å². The molecule has 0 aliphatic heterocycles. The highest BCUT2D eigenvalue weighted by atomic mass is 32.2. The van der Waals surface area contributed by atoms with Crippen molar-refractivity contribution < 1.29 is 23.1 Å². The summed E-state index contributed by atoms with van der Waals surface area (Å²) in [5.74, 6) is -0.571. The summed E-state index contributed by atoms with van der Waals surface area (Å²) in [5, 5.41) is 9.43. The summed E-state index contributed by atoms with van der Waals surface area (Å²) < 4.78 is 32.2. The number of hydrogen-bond acceptors (Lipinski definition) is 4. The maximum atomic E-state index is 12.4. The Morgan fingerprint density at radius 1 is 1.19 bits per heavy atom. The number of ether oxygens (including phenoxy) is 1. The number of hydrogen-bond donors (Lipinski definition) is 2. The monoisotopic (exact) mass is 313 g/mol. The Morgan fingerprint density at radius 2 is 1.76 bits per heavy atom. The van der Waals surface area contributed by atoms with E-state index in [1.54, 1.807) is 0 Å². The highest BCUT2D eigenvalue weighted by Gasteiger charge is 2.43. The zero-order chi connectivity index (χ0) is 15.5. The van der Waals surface area contributed by atoms with Crippen molar-refractivity contribution in [3.05, 3.63) is 24.3 Å². The lowest BCUT2D eigenvalue weighted by atomic mass is 9.83. The van der Waals surface area contributed by atoms with Crippen molar-refractivity contribution in [1.29, 1.82) is 0 Å². The second-order valence-corrected chi connectivity index (χ2v) is 6.91. The Kier molecular flexibility index (Phi) is 4.53. The van der Waals surface area contributed by atoms with Gasteiger partial charge in [-0.15, -0.1) is 0 Å². The van der Waals surface area contributed by atoms with Gasteiger partial charge in [0.2, 0.25) is 10.0 Å². The van der Waals surface area contributed by atoms with Gasteiger partial charge in [-0.2, -0.15) is 4.72 Å². The molecule has 0 amide bonds. The van der Waals surface area contributed by atoms with Crippen LogP contribution in [0.15, 0.2) is 29.2 Å². The molecule has 6 nitrogen and oxygen atoms in total. The molecule has 0 aromatic heterocycles. The van der Waals surface area contributed by atoms with Crippen LogP contribution in [0.4, 0.5) is 0 Å². The molecule has 1 aromatic rings. The van der Waals surface area contributed by atoms with Crippen LogP contribution in [-0.2, 0) is 14.8 Å². The second kappa shape index (κ2) is 6.03. The van der Waals surface area contributed by atoms with Crippen molar-refractivity contribution in [2.45, 2.75) is 42.5 Å². The summed E-state index contributed by atoms with van der Waals surface area (Å²) in [6.07, 6.45) is 2.98. The van der Waals surface area contributed by atoms with E-state index in [-0.39, 0.29) is 4.90 Å². The van der Waals surface area contributed by atoms with Crippen LogP contribution in [0.3, 0.4) is 0 Å². The van der Waals surface area contributed by atoms with Gasteiger partial charge in [0.15, 0.2) is 0 Å². The van der Waals surface area contributed by atoms with Gasteiger partial charge in [-0.05, 0) is 37.1 Å². The van der Waals surface area contributed by atoms with E-state index < -0.39 is 21.5 Å². The summed E-state index contributed by atoms with van der Waals surface area (Å²) in [6.45, 7) is 0. The van der Waals surface area contributed by atoms with Gasteiger partial charge in [0.05, 0.1) is 12.0 Å². The quantitative estimate of drug-likeness (QED) is 0.864. The van der Waals surface area contributed by atoms with Gasteiger partial charge in [0.1, 0.15) is 11.3 Å². The van der Waals surface area contributed by atoms with Gasteiger partial charge < -0.3 is 9.84 Å². The first-order valence-corrected chi connectivity index (χ1v) is 8.29. The predicted molar refractivity (Wildman–Crippen MR) is 76.8 cm³/mol. The Balaban J connectivity index is 2.27. The molecule has 0 unspecified atom stereocenters. The molecule has 1 aliphatic carbocycles. The number of benzene rings is 1. The number of carbonyl (C=O) groups is 1. The van der Waals surface area contributed by atoms with E-state index in [4.69, 9.17) is 4.74 Å². The summed E-state index contributed by atoms with van der Waals surface area (Å²) in [7, 11) is -2.39. The Labute approximate surface area is 124 Å². The topological polar surface area (TPSA) is 92.7 Å². The maximum absolute atomic E-state index is 12.4. The Morgan fingerprint density at radius 3 is 2.24 bits per heavy atom. The fraction of sp³-hybridized carbons (Fsp3) is 0.500. The molecule has 2 rings (SSSR count). The fourth-order valence-electron chi connectivity index (χ4n) is 2.59. The van der Waals surface area contributed by atoms with Crippen molar-refractivity contribution >= 4 is 16.0 Å². The highest BCUT2D eigenvalue weighted by molar-refractivity contribution is 7.89. The highest BCUT2D eigenvalue weighted by Crippen LogP contribution is 2.30. The SMILES string of the molecule is COc1ccc(S(=O)(=O)NC2(C(=O)O)CCCCC2)cc1. The van der Waals surface area contributed by atoms with Crippen molar-refractivity contribution in [1.82, 2.24) is 4.72 Å². The van der Waals surface area contributed by atoms with Crippen molar-refractivity contribution in [2.24, 2.45) is 0 Å². The van der Waals surface area contributed by atoms with Crippen molar-refractivity contribution in [3.63, 3.8) is 0 Å². The van der Waals surface area contributed by atoms with E-state index >= 15 is 0 Å². The summed E-state index contributed by atoms with van der Waals surface area (Å²) in [6, 6.07) is 5.87. The van der Waals surface area contributed by atoms with Crippen LogP contribution in [0.2, 0.25) is 0 Å². The smallest absolute Gasteiger partial charge is 0.324 e. The number of aliphatic carboxylic acids is 1. The second-order valence-electron chi connectivity index (χ2n) is 5.23. The first-order valence-electron chi connectivity index (χ1n) is 6.81. The van der Waals surface area contributed by atoms with Crippen molar-refractivity contribution in [3.8, 4) is 5.75 Å². The molecule has 1 saturated carbocycles. The molecule has 1 fully saturated rings. The molecule has 0 saturated heterocycles. The molecule has 0 bridgehead atoms. The average Bonchev–Trinajstić information content (AvgIpc) is 2.47. The molecule has 1 aliphatic rings. The van der Waals surface area contributed by atoms with Crippen LogP contribution in [0.5, 0.6) is 5.75 Å². The summed E-state index contributed by atoms with van der Waals surface area (Å²) >= 11 is 0. The minimum absolute atomic E-state index is 0.0366. The summed E-state index contributed by atoms with van der Waals surface area (Å²) in [5.41, 5.74) is -1.39. The molecular weight excluding hydrogens is 294 g/mol. The van der Waals surface area contributed by atoms with Gasteiger partial charge >= 0.3 is 5.97 Å². The lowest BCUT2D eigenvalue weighted by Gasteiger charge is -2.33. The van der Waals surface area contributed by atoms with Gasteiger partial charge in [-0.3, -0.25) is 4.79 Å². The van der Waals surface area contributed by atoms with E-state index in [1.165, 1.54) is 31.4 Å². The standard InChI is InChI=1S/C14H19NO5S/c1-20-11-5-7-12(8-6-11)21(18,19)15-14(13(16)17)9-3-2-4-10-14/h5-8,15H,2-4,9-10H2,1H3,(H,16,17). The Hall–Kier alpha value is -1.60. The predicted octanol–water partition coefficient (Wildman–Crippen LogP) is 1.76. The van der Waals surface area contributed by atoms with Gasteiger partial charge in [-0.1, -0.05) is 19.3 Å². The number of nitrogens with one attached hydrogen (secondary N) is 1. The first kappa shape index (κ1) is 15.8.